The second kappa shape index (κ2) is 10.0. The number of hydrogen-bond donors (Lipinski definition) is 1. The molecule has 0 aliphatic carbocycles. The van der Waals surface area contributed by atoms with Gasteiger partial charge in [0.15, 0.2) is 6.61 Å². The Morgan fingerprint density at radius 1 is 1.06 bits per heavy atom. The summed E-state index contributed by atoms with van der Waals surface area (Å²) < 4.78 is 11.4. The molecular formula is C26H26N2O4. The van der Waals surface area contributed by atoms with Crippen molar-refractivity contribution in [2.75, 3.05) is 30.0 Å². The molecule has 0 unspecified atom stereocenters. The average Bonchev–Trinajstić information content (AvgIpc) is 2.80. The third-order valence-corrected chi connectivity index (χ3v) is 5.24. The first-order valence-electron chi connectivity index (χ1n) is 10.7. The first-order valence-corrected chi connectivity index (χ1v) is 10.7. The highest BCUT2D eigenvalue weighted by molar-refractivity contribution is 5.99. The van der Waals surface area contributed by atoms with Gasteiger partial charge in [0.25, 0.3) is 5.91 Å². The van der Waals surface area contributed by atoms with Gasteiger partial charge < -0.3 is 19.7 Å². The topological polar surface area (TPSA) is 67.9 Å². The van der Waals surface area contributed by atoms with Gasteiger partial charge in [-0.25, -0.2) is 0 Å². The maximum Gasteiger partial charge on any atom is 0.265 e. The quantitative estimate of drug-likeness (QED) is 0.576. The fourth-order valence-electron chi connectivity index (χ4n) is 3.61. The third kappa shape index (κ3) is 5.46. The van der Waals surface area contributed by atoms with Gasteiger partial charge >= 0.3 is 0 Å². The van der Waals surface area contributed by atoms with Crippen LogP contribution >= 0.6 is 0 Å². The number of ether oxygens (including phenoxy) is 2. The van der Waals surface area contributed by atoms with Crippen LogP contribution in [0.1, 0.15) is 17.5 Å². The molecule has 32 heavy (non-hydrogen) atoms. The van der Waals surface area contributed by atoms with Crippen LogP contribution in [0.25, 0.3) is 0 Å². The van der Waals surface area contributed by atoms with Gasteiger partial charge in [-0.15, -0.1) is 0 Å². The number of hydrogen-bond acceptors (Lipinski definition) is 4. The van der Waals surface area contributed by atoms with Crippen LogP contribution in [0.3, 0.4) is 0 Å². The SMILES string of the molecule is Cc1cccc(OCCN2C(=O)COc3cc(NC(=O)CCc4ccccc4)ccc32)c1. The van der Waals surface area contributed by atoms with Crippen molar-refractivity contribution in [1.29, 1.82) is 0 Å². The molecule has 164 valence electrons. The minimum Gasteiger partial charge on any atom is -0.492 e. The van der Waals surface area contributed by atoms with Crippen LogP contribution in [0.4, 0.5) is 11.4 Å². The Labute approximate surface area is 187 Å². The molecule has 0 aromatic heterocycles. The van der Waals surface area contributed by atoms with Gasteiger partial charge in [-0.2, -0.15) is 0 Å². The number of rotatable bonds is 8. The van der Waals surface area contributed by atoms with E-state index in [0.717, 1.165) is 16.9 Å². The van der Waals surface area contributed by atoms with E-state index in [0.29, 0.717) is 43.1 Å². The van der Waals surface area contributed by atoms with Crippen molar-refractivity contribution >= 4 is 23.2 Å². The van der Waals surface area contributed by atoms with Crippen molar-refractivity contribution in [3.63, 3.8) is 0 Å². The van der Waals surface area contributed by atoms with Crippen molar-refractivity contribution in [2.24, 2.45) is 0 Å². The Hall–Kier alpha value is -3.80. The minimum absolute atomic E-state index is 0.0388. The van der Waals surface area contributed by atoms with Gasteiger partial charge in [0.05, 0.1) is 12.2 Å². The molecule has 0 saturated heterocycles. The number of carbonyl (C=O) groups excluding carboxylic acids is 2. The molecule has 0 saturated carbocycles. The lowest BCUT2D eigenvalue weighted by Gasteiger charge is -2.29. The summed E-state index contributed by atoms with van der Waals surface area (Å²) in [7, 11) is 0. The summed E-state index contributed by atoms with van der Waals surface area (Å²) >= 11 is 0. The fraction of sp³-hybridized carbons (Fsp3) is 0.231. The second-order valence-corrected chi connectivity index (χ2v) is 7.72. The molecule has 0 atom stereocenters. The van der Waals surface area contributed by atoms with Crippen LogP contribution in [-0.2, 0) is 16.0 Å². The van der Waals surface area contributed by atoms with E-state index in [-0.39, 0.29) is 18.4 Å². The molecule has 4 rings (SSSR count). The number of fused-ring (bicyclic) bond motifs is 1. The third-order valence-electron chi connectivity index (χ3n) is 5.24. The van der Waals surface area contributed by atoms with E-state index in [1.807, 2.05) is 61.5 Å². The van der Waals surface area contributed by atoms with Crippen LogP contribution in [-0.4, -0.2) is 31.6 Å². The summed E-state index contributed by atoms with van der Waals surface area (Å²) in [6, 6.07) is 23.1. The Bertz CT molecular complexity index is 1100. The van der Waals surface area contributed by atoms with Crippen LogP contribution in [0.5, 0.6) is 11.5 Å². The number of amides is 2. The van der Waals surface area contributed by atoms with Crippen LogP contribution < -0.4 is 19.7 Å². The minimum atomic E-state index is -0.120. The van der Waals surface area contributed by atoms with E-state index in [4.69, 9.17) is 9.47 Å². The van der Waals surface area contributed by atoms with Crippen LogP contribution in [0.15, 0.2) is 72.8 Å². The summed E-state index contributed by atoms with van der Waals surface area (Å²) in [4.78, 5) is 26.4. The Kier molecular flexibility index (Phi) is 6.70. The molecule has 1 heterocycles. The lowest BCUT2D eigenvalue weighted by molar-refractivity contribution is -0.121. The number of anilines is 2. The second-order valence-electron chi connectivity index (χ2n) is 7.72. The van der Waals surface area contributed by atoms with Gasteiger partial charge in [0, 0.05) is 18.2 Å². The first kappa shape index (κ1) is 21.4. The van der Waals surface area contributed by atoms with Gasteiger partial charge in [0.1, 0.15) is 18.1 Å². The number of nitrogens with zero attached hydrogens (tertiary/aromatic N) is 1. The zero-order valence-electron chi connectivity index (χ0n) is 18.0. The van der Waals surface area contributed by atoms with Crippen molar-refractivity contribution in [3.8, 4) is 11.5 Å². The van der Waals surface area contributed by atoms with Gasteiger partial charge in [-0.3, -0.25) is 9.59 Å². The molecule has 0 bridgehead atoms. The number of benzene rings is 3. The zero-order valence-corrected chi connectivity index (χ0v) is 18.0. The zero-order chi connectivity index (χ0) is 22.3. The van der Waals surface area contributed by atoms with Crippen molar-refractivity contribution in [2.45, 2.75) is 19.8 Å². The van der Waals surface area contributed by atoms with Crippen molar-refractivity contribution in [1.82, 2.24) is 0 Å². The highest BCUT2D eigenvalue weighted by Gasteiger charge is 2.25. The molecular weight excluding hydrogens is 404 g/mol. The van der Waals surface area contributed by atoms with E-state index >= 15 is 0 Å². The number of aryl methyl sites for hydroxylation is 2. The molecule has 0 spiro atoms. The van der Waals surface area contributed by atoms with E-state index in [9.17, 15) is 9.59 Å². The Morgan fingerprint density at radius 2 is 1.91 bits per heavy atom. The average molecular weight is 431 g/mol. The Morgan fingerprint density at radius 3 is 2.72 bits per heavy atom. The standard InChI is InChI=1S/C26H26N2O4/c1-19-6-5-9-22(16-19)31-15-14-28-23-12-11-21(17-24(23)32-18-26(28)30)27-25(29)13-10-20-7-3-2-4-8-20/h2-9,11-12,16-17H,10,13-15,18H2,1H3,(H,27,29). The highest BCUT2D eigenvalue weighted by Crippen LogP contribution is 2.34. The summed E-state index contributed by atoms with van der Waals surface area (Å²) in [6.45, 7) is 2.74. The highest BCUT2D eigenvalue weighted by atomic mass is 16.5. The number of nitrogens with one attached hydrogen (secondary N) is 1. The van der Waals surface area contributed by atoms with Crippen LogP contribution in [0.2, 0.25) is 0 Å². The predicted octanol–water partition coefficient (Wildman–Crippen LogP) is 4.37. The molecule has 2 amide bonds. The number of carbonyl (C=O) groups is 2. The molecule has 1 N–H and O–H groups in total. The van der Waals surface area contributed by atoms with Gasteiger partial charge in [-0.05, 0) is 48.7 Å². The van der Waals surface area contributed by atoms with E-state index in [1.54, 1.807) is 23.1 Å². The predicted molar refractivity (Wildman–Crippen MR) is 124 cm³/mol. The maximum atomic E-state index is 12.4. The molecule has 1 aliphatic heterocycles. The largest absolute Gasteiger partial charge is 0.492 e. The van der Waals surface area contributed by atoms with E-state index in [2.05, 4.69) is 5.32 Å². The lowest BCUT2D eigenvalue weighted by Crippen LogP contribution is -2.41. The normalized spacial score (nSPS) is 12.7. The summed E-state index contributed by atoms with van der Waals surface area (Å²) in [6.07, 6.45) is 1.07. The monoisotopic (exact) mass is 430 g/mol. The molecule has 6 heteroatoms. The first-order chi connectivity index (χ1) is 15.6. The fourth-order valence-corrected chi connectivity index (χ4v) is 3.61. The van der Waals surface area contributed by atoms with E-state index in [1.165, 1.54) is 0 Å². The molecule has 3 aromatic rings. The Balaban J connectivity index is 1.35. The van der Waals surface area contributed by atoms with E-state index < -0.39 is 0 Å². The molecule has 1 aliphatic rings. The molecule has 6 nitrogen and oxygen atoms in total. The molecule has 0 radical (unpaired) electrons. The summed E-state index contributed by atoms with van der Waals surface area (Å²) in [5.41, 5.74) is 3.57. The van der Waals surface area contributed by atoms with Gasteiger partial charge in [0.2, 0.25) is 5.91 Å². The van der Waals surface area contributed by atoms with Crippen LogP contribution in [0, 0.1) is 6.92 Å². The lowest BCUT2D eigenvalue weighted by atomic mass is 10.1. The smallest absolute Gasteiger partial charge is 0.265 e. The summed E-state index contributed by atoms with van der Waals surface area (Å²) in [5.74, 6) is 1.16. The summed E-state index contributed by atoms with van der Waals surface area (Å²) in [5, 5.41) is 2.91. The molecule has 0 fully saturated rings. The van der Waals surface area contributed by atoms with Gasteiger partial charge in [-0.1, -0.05) is 42.5 Å². The maximum absolute atomic E-state index is 12.4. The molecule has 3 aromatic carbocycles. The van der Waals surface area contributed by atoms with Crippen molar-refractivity contribution in [3.05, 3.63) is 83.9 Å². The van der Waals surface area contributed by atoms with Crippen molar-refractivity contribution < 1.29 is 19.1 Å².